The van der Waals surface area contributed by atoms with E-state index in [-0.39, 0.29) is 5.91 Å². The zero-order valence-corrected chi connectivity index (χ0v) is 9.98. The molecule has 0 bridgehead atoms. The highest BCUT2D eigenvalue weighted by molar-refractivity contribution is 7.08. The van der Waals surface area contributed by atoms with Gasteiger partial charge >= 0.3 is 0 Å². The van der Waals surface area contributed by atoms with E-state index in [1.807, 2.05) is 35.7 Å². The lowest BCUT2D eigenvalue weighted by molar-refractivity contribution is -0.113. The smallest absolute Gasteiger partial charge is 0.251 e. The lowest BCUT2D eigenvalue weighted by Gasteiger charge is -2.16. The van der Waals surface area contributed by atoms with Gasteiger partial charge in [0.25, 0.3) is 5.91 Å². The van der Waals surface area contributed by atoms with Gasteiger partial charge in [0.1, 0.15) is 0 Å². The van der Waals surface area contributed by atoms with Crippen LogP contribution in [0.4, 0.5) is 5.69 Å². The average Bonchev–Trinajstić information content (AvgIpc) is 2.99. The van der Waals surface area contributed by atoms with E-state index in [9.17, 15) is 4.79 Å². The average molecular weight is 241 g/mol. The van der Waals surface area contributed by atoms with Crippen LogP contribution in [0.3, 0.4) is 0 Å². The van der Waals surface area contributed by atoms with E-state index in [4.69, 9.17) is 0 Å². The summed E-state index contributed by atoms with van der Waals surface area (Å²) in [5, 5.41) is 4.11. The van der Waals surface area contributed by atoms with Gasteiger partial charge in [-0.2, -0.15) is 11.3 Å². The number of rotatable bonds is 2. The van der Waals surface area contributed by atoms with Gasteiger partial charge in [0.15, 0.2) is 0 Å². The molecule has 1 amide bonds. The highest BCUT2D eigenvalue weighted by Crippen LogP contribution is 2.27. The Labute approximate surface area is 104 Å². The third-order valence-corrected chi connectivity index (χ3v) is 3.54. The first-order valence-corrected chi connectivity index (χ1v) is 6.38. The number of thiophene rings is 1. The topological polar surface area (TPSA) is 20.3 Å². The Hall–Kier alpha value is -1.87. The third-order valence-electron chi connectivity index (χ3n) is 2.85. The van der Waals surface area contributed by atoms with Crippen molar-refractivity contribution in [2.45, 2.75) is 0 Å². The molecular weight excluding hydrogens is 230 g/mol. The van der Waals surface area contributed by atoms with Crippen molar-refractivity contribution in [2.75, 3.05) is 11.4 Å². The Bertz CT molecular complexity index is 557. The number of amides is 1. The summed E-state index contributed by atoms with van der Waals surface area (Å²) in [4.78, 5) is 13.7. The molecule has 1 aromatic carbocycles. The van der Waals surface area contributed by atoms with E-state index < -0.39 is 0 Å². The fourth-order valence-electron chi connectivity index (χ4n) is 1.97. The molecule has 3 rings (SSSR count). The predicted octanol–water partition coefficient (Wildman–Crippen LogP) is 3.18. The highest BCUT2D eigenvalue weighted by atomic mass is 32.1. The summed E-state index contributed by atoms with van der Waals surface area (Å²) < 4.78 is 0. The van der Waals surface area contributed by atoms with Gasteiger partial charge < -0.3 is 4.90 Å². The number of nitrogens with zero attached hydrogens (tertiary/aromatic N) is 1. The quantitative estimate of drug-likeness (QED) is 0.790. The molecule has 1 aliphatic rings. The van der Waals surface area contributed by atoms with Gasteiger partial charge in [0.2, 0.25) is 0 Å². The lowest BCUT2D eigenvalue weighted by atomic mass is 10.1. The van der Waals surface area contributed by atoms with Gasteiger partial charge in [0, 0.05) is 11.8 Å². The summed E-state index contributed by atoms with van der Waals surface area (Å²) >= 11 is 1.65. The van der Waals surface area contributed by atoms with Crippen LogP contribution in [0.2, 0.25) is 0 Å². The van der Waals surface area contributed by atoms with Crippen molar-refractivity contribution in [1.29, 1.82) is 0 Å². The maximum absolute atomic E-state index is 11.9. The van der Waals surface area contributed by atoms with Gasteiger partial charge in [-0.15, -0.1) is 0 Å². The minimum absolute atomic E-state index is 0.0670. The molecule has 2 nitrogen and oxygen atoms in total. The van der Waals surface area contributed by atoms with Gasteiger partial charge in [0.05, 0.1) is 6.54 Å². The van der Waals surface area contributed by atoms with Crippen LogP contribution >= 0.6 is 11.3 Å². The minimum atomic E-state index is 0.0670. The second-order valence-electron chi connectivity index (χ2n) is 3.94. The second-order valence-corrected chi connectivity index (χ2v) is 4.72. The molecule has 1 aliphatic heterocycles. The molecule has 1 aromatic heterocycles. The van der Waals surface area contributed by atoms with Crippen LogP contribution in [-0.4, -0.2) is 12.5 Å². The van der Waals surface area contributed by atoms with Crippen molar-refractivity contribution in [2.24, 2.45) is 0 Å². The first-order chi connectivity index (χ1) is 8.34. The Balaban J connectivity index is 1.88. The largest absolute Gasteiger partial charge is 0.304 e. The minimum Gasteiger partial charge on any atom is -0.304 e. The number of hydrogen-bond donors (Lipinski definition) is 0. The number of carbonyl (C=O) groups is 1. The van der Waals surface area contributed by atoms with Crippen molar-refractivity contribution < 1.29 is 4.79 Å². The maximum Gasteiger partial charge on any atom is 0.251 e. The second kappa shape index (κ2) is 4.18. The molecule has 0 unspecified atom stereocenters. The summed E-state index contributed by atoms with van der Waals surface area (Å²) in [6.45, 7) is 0.666. The summed E-state index contributed by atoms with van der Waals surface area (Å²) in [7, 11) is 0. The fourth-order valence-corrected chi connectivity index (χ4v) is 2.65. The van der Waals surface area contributed by atoms with Crippen LogP contribution in [0, 0.1) is 0 Å². The molecule has 0 aliphatic carbocycles. The molecule has 0 atom stereocenters. The molecule has 0 N–H and O–H groups in total. The number of para-hydroxylation sites is 1. The van der Waals surface area contributed by atoms with E-state index in [1.165, 1.54) is 0 Å². The van der Waals surface area contributed by atoms with Gasteiger partial charge in [-0.25, -0.2) is 0 Å². The van der Waals surface area contributed by atoms with Crippen LogP contribution in [-0.2, 0) is 4.79 Å². The van der Waals surface area contributed by atoms with Crippen LogP contribution in [0.25, 0.3) is 5.57 Å². The number of anilines is 1. The Morgan fingerprint density at radius 1 is 1.12 bits per heavy atom. The lowest BCUT2D eigenvalue weighted by Crippen LogP contribution is -2.24. The van der Waals surface area contributed by atoms with E-state index in [2.05, 4.69) is 11.4 Å². The zero-order valence-electron chi connectivity index (χ0n) is 9.17. The Morgan fingerprint density at radius 2 is 1.94 bits per heavy atom. The van der Waals surface area contributed by atoms with E-state index in [0.29, 0.717) is 6.54 Å². The summed E-state index contributed by atoms with van der Waals surface area (Å²) in [5.41, 5.74) is 3.21. The third kappa shape index (κ3) is 1.89. The molecule has 0 saturated heterocycles. The highest BCUT2D eigenvalue weighted by Gasteiger charge is 2.23. The summed E-state index contributed by atoms with van der Waals surface area (Å²) in [6.07, 6.45) is 1.73. The molecule has 0 radical (unpaired) electrons. The number of hydrogen-bond acceptors (Lipinski definition) is 2. The number of carbonyl (C=O) groups excluding carboxylic acids is 1. The first kappa shape index (κ1) is 10.3. The van der Waals surface area contributed by atoms with Gasteiger partial charge in [-0.05, 0) is 40.1 Å². The predicted molar refractivity (Wildman–Crippen MR) is 71.1 cm³/mol. The van der Waals surface area contributed by atoms with Crippen molar-refractivity contribution in [3.05, 3.63) is 58.8 Å². The van der Waals surface area contributed by atoms with E-state index in [0.717, 1.165) is 16.8 Å². The molecule has 0 fully saturated rings. The summed E-state index contributed by atoms with van der Waals surface area (Å²) in [5.74, 6) is 0.0670. The molecule has 0 saturated carbocycles. The van der Waals surface area contributed by atoms with Crippen LogP contribution in [0.1, 0.15) is 5.56 Å². The molecule has 17 heavy (non-hydrogen) atoms. The van der Waals surface area contributed by atoms with Crippen molar-refractivity contribution >= 4 is 28.5 Å². The Kier molecular flexibility index (Phi) is 2.53. The standard InChI is InChI=1S/C14H11NOS/c16-14-8-12(11-6-7-17-10-11)9-15(14)13-4-2-1-3-5-13/h1-8,10H,9H2. The van der Waals surface area contributed by atoms with Crippen LogP contribution in [0.15, 0.2) is 53.2 Å². The van der Waals surface area contributed by atoms with E-state index >= 15 is 0 Å². The molecule has 2 aromatic rings. The first-order valence-electron chi connectivity index (χ1n) is 5.44. The molecular formula is C14H11NOS. The normalized spacial score (nSPS) is 15.2. The molecule has 84 valence electrons. The Morgan fingerprint density at radius 3 is 2.65 bits per heavy atom. The maximum atomic E-state index is 11.9. The molecule has 3 heteroatoms. The summed E-state index contributed by atoms with van der Waals surface area (Å²) in [6, 6.07) is 11.8. The van der Waals surface area contributed by atoms with Crippen LogP contribution < -0.4 is 4.90 Å². The van der Waals surface area contributed by atoms with Crippen LogP contribution in [0.5, 0.6) is 0 Å². The monoisotopic (exact) mass is 241 g/mol. The number of benzene rings is 1. The van der Waals surface area contributed by atoms with E-state index in [1.54, 1.807) is 22.3 Å². The SMILES string of the molecule is O=C1C=C(c2ccsc2)CN1c1ccccc1. The van der Waals surface area contributed by atoms with Gasteiger partial charge in [-0.1, -0.05) is 18.2 Å². The van der Waals surface area contributed by atoms with Crippen molar-refractivity contribution in [1.82, 2.24) is 0 Å². The molecule has 2 heterocycles. The zero-order chi connectivity index (χ0) is 11.7. The van der Waals surface area contributed by atoms with Gasteiger partial charge in [-0.3, -0.25) is 4.79 Å². The molecule has 0 spiro atoms. The van der Waals surface area contributed by atoms with Crippen molar-refractivity contribution in [3.63, 3.8) is 0 Å². The van der Waals surface area contributed by atoms with Crippen molar-refractivity contribution in [3.8, 4) is 0 Å². The fraction of sp³-hybridized carbons (Fsp3) is 0.0714.